The van der Waals surface area contributed by atoms with Gasteiger partial charge in [-0.3, -0.25) is 9.59 Å². The maximum absolute atomic E-state index is 12.7. The summed E-state index contributed by atoms with van der Waals surface area (Å²) in [5.41, 5.74) is 0.682. The van der Waals surface area contributed by atoms with Crippen LogP contribution in [-0.2, 0) is 16.4 Å². The lowest BCUT2D eigenvalue weighted by Crippen LogP contribution is -2.32. The molecule has 0 radical (unpaired) electrons. The number of carbonyl (C=O) groups excluding carboxylic acids is 1. The molecule has 0 fully saturated rings. The lowest BCUT2D eigenvalue weighted by Gasteiger charge is -2.20. The fourth-order valence-corrected chi connectivity index (χ4v) is 3.38. The number of aromatic amines is 1. The van der Waals surface area contributed by atoms with Crippen LogP contribution in [0.15, 0.2) is 58.2 Å². The minimum absolute atomic E-state index is 0.142. The van der Waals surface area contributed by atoms with Crippen molar-refractivity contribution in [3.63, 3.8) is 0 Å². The molecule has 0 atom stereocenters. The normalized spacial score (nSPS) is 11.5. The van der Waals surface area contributed by atoms with E-state index in [4.69, 9.17) is 0 Å². The zero-order valence-electron chi connectivity index (χ0n) is 15.0. The third kappa shape index (κ3) is 4.06. The van der Waals surface area contributed by atoms with Gasteiger partial charge < -0.3 is 9.88 Å². The van der Waals surface area contributed by atoms with E-state index in [9.17, 15) is 18.0 Å². The summed E-state index contributed by atoms with van der Waals surface area (Å²) in [6.45, 7) is 2.37. The van der Waals surface area contributed by atoms with Gasteiger partial charge in [-0.15, -0.1) is 0 Å². The lowest BCUT2D eigenvalue weighted by atomic mass is 10.2. The molecule has 1 heterocycles. The lowest BCUT2D eigenvalue weighted by molar-refractivity contribution is 0.0748. The third-order valence-corrected chi connectivity index (χ3v) is 5.33. The number of amides is 1. The average molecular weight is 385 g/mol. The van der Waals surface area contributed by atoms with Crippen LogP contribution in [0, 0.1) is 0 Å². The highest BCUT2D eigenvalue weighted by molar-refractivity contribution is 7.90. The molecule has 3 rings (SSSR count). The van der Waals surface area contributed by atoms with Crippen LogP contribution in [0.25, 0.3) is 10.9 Å². The van der Waals surface area contributed by atoms with Gasteiger partial charge in [0.05, 0.1) is 22.3 Å². The van der Waals surface area contributed by atoms with E-state index < -0.39 is 9.84 Å². The minimum Gasteiger partial charge on any atom is -0.331 e. The molecule has 1 N–H and O–H groups in total. The van der Waals surface area contributed by atoms with Gasteiger partial charge in [0.15, 0.2) is 9.84 Å². The molecule has 0 aliphatic carbocycles. The first-order chi connectivity index (χ1) is 12.8. The number of rotatable bonds is 5. The molecule has 0 aliphatic rings. The van der Waals surface area contributed by atoms with E-state index in [0.29, 0.717) is 28.8 Å². The van der Waals surface area contributed by atoms with Gasteiger partial charge in [-0.1, -0.05) is 12.1 Å². The molecule has 27 heavy (non-hydrogen) atoms. The molecule has 0 aliphatic heterocycles. The van der Waals surface area contributed by atoms with Gasteiger partial charge in [-0.25, -0.2) is 13.4 Å². The largest absolute Gasteiger partial charge is 0.331 e. The first kappa shape index (κ1) is 18.8. The van der Waals surface area contributed by atoms with E-state index in [-0.39, 0.29) is 22.9 Å². The third-order valence-electron chi connectivity index (χ3n) is 4.20. The first-order valence-electron chi connectivity index (χ1n) is 8.37. The van der Waals surface area contributed by atoms with Gasteiger partial charge in [-0.05, 0) is 43.3 Å². The number of carbonyl (C=O) groups is 1. The quantitative estimate of drug-likeness (QED) is 0.724. The molecule has 2 aromatic carbocycles. The highest BCUT2D eigenvalue weighted by Gasteiger charge is 2.17. The van der Waals surface area contributed by atoms with Crippen LogP contribution in [0.1, 0.15) is 23.1 Å². The molecule has 0 spiro atoms. The molecule has 140 valence electrons. The predicted octanol–water partition coefficient (Wildman–Crippen LogP) is 1.99. The number of para-hydroxylation sites is 1. The second-order valence-electron chi connectivity index (χ2n) is 6.15. The van der Waals surface area contributed by atoms with Crippen LogP contribution in [-0.4, -0.2) is 42.0 Å². The Morgan fingerprint density at radius 2 is 1.78 bits per heavy atom. The van der Waals surface area contributed by atoms with Crippen molar-refractivity contribution in [1.29, 1.82) is 0 Å². The number of nitrogens with one attached hydrogen (secondary N) is 1. The van der Waals surface area contributed by atoms with Crippen molar-refractivity contribution < 1.29 is 13.2 Å². The number of hydrogen-bond donors (Lipinski definition) is 1. The summed E-state index contributed by atoms with van der Waals surface area (Å²) >= 11 is 0. The summed E-state index contributed by atoms with van der Waals surface area (Å²) in [6.07, 6.45) is 1.11. The van der Waals surface area contributed by atoms with Crippen LogP contribution in [0.5, 0.6) is 0 Å². The number of sulfone groups is 1. The second-order valence-corrected chi connectivity index (χ2v) is 8.16. The summed E-state index contributed by atoms with van der Waals surface area (Å²) in [5.74, 6) is 0.120. The molecule has 1 aromatic heterocycles. The Kier molecular flexibility index (Phi) is 5.09. The van der Waals surface area contributed by atoms with Crippen LogP contribution >= 0.6 is 0 Å². The van der Waals surface area contributed by atoms with E-state index in [1.807, 2.05) is 6.92 Å². The summed E-state index contributed by atoms with van der Waals surface area (Å²) < 4.78 is 23.1. The Morgan fingerprint density at radius 1 is 1.11 bits per heavy atom. The molecule has 3 aromatic rings. The van der Waals surface area contributed by atoms with E-state index in [1.165, 1.54) is 29.2 Å². The molecule has 7 nitrogen and oxygen atoms in total. The monoisotopic (exact) mass is 385 g/mol. The van der Waals surface area contributed by atoms with E-state index in [1.54, 1.807) is 24.3 Å². The topological polar surface area (TPSA) is 100 Å². The van der Waals surface area contributed by atoms with Gasteiger partial charge in [0.2, 0.25) is 0 Å². The molecule has 8 heteroatoms. The smallest absolute Gasteiger partial charge is 0.258 e. The van der Waals surface area contributed by atoms with Gasteiger partial charge in [-0.2, -0.15) is 0 Å². The van der Waals surface area contributed by atoms with Crippen molar-refractivity contribution in [2.45, 2.75) is 18.4 Å². The molecular formula is C19H19N3O4S. The molecule has 0 bridgehead atoms. The van der Waals surface area contributed by atoms with Crippen molar-refractivity contribution in [2.24, 2.45) is 0 Å². The van der Waals surface area contributed by atoms with E-state index in [0.717, 1.165) is 6.26 Å². The van der Waals surface area contributed by atoms with Crippen LogP contribution < -0.4 is 5.56 Å². The van der Waals surface area contributed by atoms with Crippen molar-refractivity contribution >= 4 is 26.6 Å². The fourth-order valence-electron chi connectivity index (χ4n) is 2.75. The van der Waals surface area contributed by atoms with Gasteiger partial charge in [0, 0.05) is 18.4 Å². The van der Waals surface area contributed by atoms with Crippen molar-refractivity contribution in [2.75, 3.05) is 12.8 Å². The van der Waals surface area contributed by atoms with Crippen LogP contribution in [0.4, 0.5) is 0 Å². The molecular weight excluding hydrogens is 366 g/mol. The maximum Gasteiger partial charge on any atom is 0.258 e. The highest BCUT2D eigenvalue weighted by Crippen LogP contribution is 2.14. The molecule has 0 unspecified atom stereocenters. The van der Waals surface area contributed by atoms with Crippen molar-refractivity contribution in [3.05, 3.63) is 70.3 Å². The zero-order chi connectivity index (χ0) is 19.6. The van der Waals surface area contributed by atoms with Crippen molar-refractivity contribution in [1.82, 2.24) is 14.9 Å². The van der Waals surface area contributed by atoms with Crippen LogP contribution in [0.2, 0.25) is 0 Å². The SMILES string of the molecule is CCN(Cc1nc2ccccc2c(=O)[nH]1)C(=O)c1ccc(S(C)(=O)=O)cc1. The highest BCUT2D eigenvalue weighted by atomic mass is 32.2. The molecule has 0 saturated carbocycles. The number of aromatic nitrogens is 2. The fraction of sp³-hybridized carbons (Fsp3) is 0.211. The summed E-state index contributed by atoms with van der Waals surface area (Å²) in [5, 5.41) is 0.493. The Bertz CT molecular complexity index is 1150. The molecule has 1 amide bonds. The number of hydrogen-bond acceptors (Lipinski definition) is 5. The van der Waals surface area contributed by atoms with Gasteiger partial charge in [0.25, 0.3) is 11.5 Å². The van der Waals surface area contributed by atoms with Gasteiger partial charge in [0.1, 0.15) is 5.82 Å². The maximum atomic E-state index is 12.7. The number of benzene rings is 2. The summed E-state index contributed by atoms with van der Waals surface area (Å²) in [6, 6.07) is 12.8. The Morgan fingerprint density at radius 3 is 2.41 bits per heavy atom. The second kappa shape index (κ2) is 7.32. The number of nitrogens with zero attached hydrogens (tertiary/aromatic N) is 2. The average Bonchev–Trinajstić information content (AvgIpc) is 2.65. The summed E-state index contributed by atoms with van der Waals surface area (Å²) in [7, 11) is -3.32. The minimum atomic E-state index is -3.32. The first-order valence-corrected chi connectivity index (χ1v) is 10.3. The van der Waals surface area contributed by atoms with Crippen molar-refractivity contribution in [3.8, 4) is 0 Å². The Labute approximate surface area is 156 Å². The van der Waals surface area contributed by atoms with Gasteiger partial charge >= 0.3 is 0 Å². The van der Waals surface area contributed by atoms with E-state index in [2.05, 4.69) is 9.97 Å². The number of fused-ring (bicyclic) bond motifs is 1. The number of H-pyrrole nitrogens is 1. The molecule has 0 saturated heterocycles. The Balaban J connectivity index is 1.87. The Hall–Kier alpha value is -3.00. The summed E-state index contributed by atoms with van der Waals surface area (Å²) in [4.78, 5) is 33.7. The zero-order valence-corrected chi connectivity index (χ0v) is 15.8. The van der Waals surface area contributed by atoms with E-state index >= 15 is 0 Å². The predicted molar refractivity (Wildman–Crippen MR) is 102 cm³/mol. The van der Waals surface area contributed by atoms with Crippen LogP contribution in [0.3, 0.4) is 0 Å². The standard InChI is InChI=1S/C19H19N3O4S/c1-3-22(19(24)13-8-10-14(11-9-13)27(2,25)26)12-17-20-16-7-5-4-6-15(16)18(23)21-17/h4-11H,3,12H2,1-2H3,(H,20,21,23).